The van der Waals surface area contributed by atoms with Crippen LogP contribution >= 0.6 is 11.8 Å². The minimum absolute atomic E-state index is 0.0237. The van der Waals surface area contributed by atoms with Gasteiger partial charge in [-0.05, 0) is 43.0 Å². The summed E-state index contributed by atoms with van der Waals surface area (Å²) in [4.78, 5) is 38.7. The Labute approximate surface area is 160 Å². The maximum absolute atomic E-state index is 12.8. The molecule has 3 rings (SSSR count). The zero-order valence-electron chi connectivity index (χ0n) is 14.8. The van der Waals surface area contributed by atoms with Gasteiger partial charge in [0.25, 0.3) is 11.7 Å². The Morgan fingerprint density at radius 3 is 2.67 bits per heavy atom. The van der Waals surface area contributed by atoms with Crippen LogP contribution in [0.3, 0.4) is 0 Å². The van der Waals surface area contributed by atoms with E-state index >= 15 is 0 Å². The quantitative estimate of drug-likeness (QED) is 0.589. The lowest BCUT2D eigenvalue weighted by atomic mass is 9.73. The summed E-state index contributed by atoms with van der Waals surface area (Å²) in [5.74, 6) is -3.36. The zero-order chi connectivity index (χ0) is 19.6. The number of hydrogen-bond donors (Lipinski definition) is 2. The third-order valence-electron chi connectivity index (χ3n) is 5.17. The second kappa shape index (κ2) is 7.84. The number of rotatable bonds is 5. The third-order valence-corrected chi connectivity index (χ3v) is 5.89. The summed E-state index contributed by atoms with van der Waals surface area (Å²) in [5, 5.41) is 5.38. The second-order valence-electron chi connectivity index (χ2n) is 6.89. The van der Waals surface area contributed by atoms with Gasteiger partial charge < -0.3 is 10.6 Å². The van der Waals surface area contributed by atoms with Crippen LogP contribution in [0.2, 0.25) is 0 Å². The molecule has 1 spiro atoms. The Kier molecular flexibility index (Phi) is 5.69. The average molecular weight is 397 g/mol. The molecule has 0 bridgehead atoms. The molecule has 27 heavy (non-hydrogen) atoms. The van der Waals surface area contributed by atoms with Gasteiger partial charge in [-0.1, -0.05) is 31.5 Å². The molecular formula is C18H21F2N3O3S. The molecule has 1 saturated carbocycles. The number of nitrogens with zero attached hydrogens (tertiary/aromatic N) is 1. The molecule has 2 atom stereocenters. The maximum atomic E-state index is 12.8. The van der Waals surface area contributed by atoms with E-state index in [1.807, 2.05) is 6.92 Å². The summed E-state index contributed by atoms with van der Waals surface area (Å²) >= 11 is 0.413. The van der Waals surface area contributed by atoms with Crippen LogP contribution in [0.4, 0.5) is 19.3 Å². The van der Waals surface area contributed by atoms with Gasteiger partial charge >= 0.3 is 6.03 Å². The van der Waals surface area contributed by atoms with E-state index in [1.165, 1.54) is 24.3 Å². The van der Waals surface area contributed by atoms with Crippen LogP contribution in [-0.4, -0.2) is 40.6 Å². The van der Waals surface area contributed by atoms with Gasteiger partial charge in [-0.15, -0.1) is 0 Å². The van der Waals surface area contributed by atoms with Crippen LogP contribution in [0, 0.1) is 5.92 Å². The lowest BCUT2D eigenvalue weighted by molar-refractivity contribution is -0.136. The summed E-state index contributed by atoms with van der Waals surface area (Å²) in [6.07, 6.45) is 3.32. The van der Waals surface area contributed by atoms with Crippen molar-refractivity contribution in [3.63, 3.8) is 0 Å². The number of thioether (sulfide) groups is 1. The Hall–Kier alpha value is -2.16. The molecule has 2 N–H and O–H groups in total. The minimum Gasteiger partial charge on any atom is -0.325 e. The van der Waals surface area contributed by atoms with Crippen molar-refractivity contribution in [1.82, 2.24) is 10.2 Å². The smallest absolute Gasteiger partial charge is 0.325 e. The van der Waals surface area contributed by atoms with Gasteiger partial charge in [0.2, 0.25) is 5.91 Å². The fraction of sp³-hybridized carbons (Fsp3) is 0.500. The molecule has 1 heterocycles. The Morgan fingerprint density at radius 1 is 1.33 bits per heavy atom. The number of carbonyl (C=O) groups excluding carboxylic acids is 3. The maximum Gasteiger partial charge on any atom is 0.325 e. The number of carbonyl (C=O) groups is 3. The van der Waals surface area contributed by atoms with E-state index in [0.29, 0.717) is 28.8 Å². The van der Waals surface area contributed by atoms with Gasteiger partial charge in [0.1, 0.15) is 12.1 Å². The number of benzene rings is 1. The monoisotopic (exact) mass is 397 g/mol. The van der Waals surface area contributed by atoms with Crippen molar-refractivity contribution < 1.29 is 23.2 Å². The highest BCUT2D eigenvalue weighted by atomic mass is 32.2. The normalized spacial score (nSPS) is 25.2. The molecule has 1 aliphatic carbocycles. The zero-order valence-corrected chi connectivity index (χ0v) is 15.7. The topological polar surface area (TPSA) is 78.5 Å². The van der Waals surface area contributed by atoms with Crippen molar-refractivity contribution >= 4 is 35.3 Å². The highest BCUT2D eigenvalue weighted by molar-refractivity contribution is 7.99. The van der Waals surface area contributed by atoms with Crippen LogP contribution in [-0.2, 0) is 9.59 Å². The molecule has 0 aromatic heterocycles. The Morgan fingerprint density at radius 2 is 2.04 bits per heavy atom. The summed E-state index contributed by atoms with van der Waals surface area (Å²) in [5.41, 5.74) is -0.490. The fourth-order valence-electron chi connectivity index (χ4n) is 3.70. The first kappa shape index (κ1) is 19.6. The molecule has 1 aromatic rings. The summed E-state index contributed by atoms with van der Waals surface area (Å²) in [6.45, 7) is 1.56. The van der Waals surface area contributed by atoms with E-state index in [1.54, 1.807) is 0 Å². The van der Waals surface area contributed by atoms with Crippen LogP contribution in [0.15, 0.2) is 29.2 Å². The van der Waals surface area contributed by atoms with Crippen molar-refractivity contribution in [3.8, 4) is 0 Å². The summed E-state index contributed by atoms with van der Waals surface area (Å²) < 4.78 is 24.7. The van der Waals surface area contributed by atoms with Crippen molar-refractivity contribution in [2.75, 3.05) is 11.9 Å². The second-order valence-corrected chi connectivity index (χ2v) is 7.95. The van der Waals surface area contributed by atoms with Gasteiger partial charge in [-0.3, -0.25) is 14.5 Å². The van der Waals surface area contributed by atoms with Gasteiger partial charge in [-0.25, -0.2) is 4.79 Å². The van der Waals surface area contributed by atoms with Crippen molar-refractivity contribution in [2.45, 2.75) is 48.8 Å². The van der Waals surface area contributed by atoms with Crippen LogP contribution in [0.25, 0.3) is 0 Å². The van der Waals surface area contributed by atoms with E-state index in [0.717, 1.165) is 24.2 Å². The molecule has 6 nitrogen and oxygen atoms in total. The molecule has 146 valence electrons. The first-order valence-electron chi connectivity index (χ1n) is 8.80. The molecule has 1 saturated heterocycles. The molecule has 4 amide bonds. The van der Waals surface area contributed by atoms with Crippen molar-refractivity contribution in [1.29, 1.82) is 0 Å². The highest BCUT2D eigenvalue weighted by Gasteiger charge is 2.55. The van der Waals surface area contributed by atoms with Gasteiger partial charge in [0.05, 0.1) is 0 Å². The lowest BCUT2D eigenvalue weighted by Gasteiger charge is -2.36. The van der Waals surface area contributed by atoms with Gasteiger partial charge in [0, 0.05) is 10.6 Å². The van der Waals surface area contributed by atoms with Crippen molar-refractivity contribution in [3.05, 3.63) is 24.3 Å². The average Bonchev–Trinajstić information content (AvgIpc) is 2.84. The third kappa shape index (κ3) is 4.07. The number of anilines is 1. The highest BCUT2D eigenvalue weighted by Crippen LogP contribution is 2.38. The molecule has 2 unspecified atom stereocenters. The predicted octanol–water partition coefficient (Wildman–Crippen LogP) is 3.44. The SMILES string of the molecule is CC1CCCCC12NC(=O)N(CC(=O)Nc1ccc(SC(F)F)cc1)C2=O. The van der Waals surface area contributed by atoms with E-state index in [9.17, 15) is 23.2 Å². The van der Waals surface area contributed by atoms with Crippen LogP contribution in [0.5, 0.6) is 0 Å². The number of amides is 4. The number of urea groups is 1. The van der Waals surface area contributed by atoms with Crippen LogP contribution < -0.4 is 10.6 Å². The molecule has 2 aliphatic rings. The number of nitrogens with one attached hydrogen (secondary N) is 2. The molecule has 9 heteroatoms. The number of halogens is 2. The van der Waals surface area contributed by atoms with Crippen LogP contribution in [0.1, 0.15) is 32.6 Å². The molecule has 0 radical (unpaired) electrons. The number of imide groups is 1. The standard InChI is InChI=1S/C18H21F2N3O3S/c1-11-4-2-3-9-18(11)15(25)23(17(26)22-18)10-14(24)21-12-5-7-13(8-6-12)27-16(19)20/h5-8,11,16H,2-4,9-10H2,1H3,(H,21,24)(H,22,26). The molecule has 2 fully saturated rings. The van der Waals surface area contributed by atoms with Crippen molar-refractivity contribution in [2.24, 2.45) is 5.92 Å². The lowest BCUT2D eigenvalue weighted by Crippen LogP contribution is -2.54. The minimum atomic E-state index is -2.51. The van der Waals surface area contributed by atoms with E-state index in [2.05, 4.69) is 10.6 Å². The Bertz CT molecular complexity index is 744. The summed E-state index contributed by atoms with van der Waals surface area (Å²) in [7, 11) is 0. The molecule has 1 aromatic carbocycles. The van der Waals surface area contributed by atoms with Gasteiger partial charge in [-0.2, -0.15) is 8.78 Å². The number of alkyl halides is 2. The fourth-order valence-corrected chi connectivity index (χ4v) is 4.20. The molecule has 1 aliphatic heterocycles. The van der Waals surface area contributed by atoms with E-state index in [-0.39, 0.29) is 18.4 Å². The first-order valence-corrected chi connectivity index (χ1v) is 9.68. The van der Waals surface area contributed by atoms with E-state index in [4.69, 9.17) is 0 Å². The largest absolute Gasteiger partial charge is 0.325 e. The van der Waals surface area contributed by atoms with E-state index < -0.39 is 23.2 Å². The summed E-state index contributed by atoms with van der Waals surface area (Å²) in [6, 6.07) is 5.39. The molecular weight excluding hydrogens is 376 g/mol. The Balaban J connectivity index is 1.62. The predicted molar refractivity (Wildman–Crippen MR) is 97.5 cm³/mol. The first-order chi connectivity index (χ1) is 12.8. The number of hydrogen-bond acceptors (Lipinski definition) is 4. The van der Waals surface area contributed by atoms with Gasteiger partial charge in [0.15, 0.2) is 0 Å².